The van der Waals surface area contributed by atoms with Gasteiger partial charge in [0.15, 0.2) is 0 Å². The molecule has 0 aromatic heterocycles. The highest BCUT2D eigenvalue weighted by Crippen LogP contribution is 2.37. The molecule has 22 heavy (non-hydrogen) atoms. The fraction of sp³-hybridized carbons (Fsp3) is 0.250. The van der Waals surface area contributed by atoms with Crippen LogP contribution in [0.5, 0.6) is 0 Å². The monoisotopic (exact) mass is 292 g/mol. The number of aliphatic carboxylic acids is 1. The molecule has 0 aliphatic heterocycles. The lowest BCUT2D eigenvalue weighted by molar-refractivity contribution is -0.131. The molecule has 0 saturated heterocycles. The third kappa shape index (κ3) is 3.11. The van der Waals surface area contributed by atoms with Gasteiger partial charge in [0.1, 0.15) is 0 Å². The van der Waals surface area contributed by atoms with E-state index in [4.69, 9.17) is 5.11 Å². The molecular formula is C20H20O2. The van der Waals surface area contributed by atoms with Crippen molar-refractivity contribution in [3.05, 3.63) is 65.2 Å². The minimum absolute atomic E-state index is 0.751. The molecule has 1 N–H and O–H groups in total. The standard InChI is InChI=1S/C20H20O2/c1-14-5-6-19(13-18(14)11-12-20(21)22)17-9-7-16(8-10-17)15-3-2-4-15/h5-13,15H,2-4H2,1H3,(H,21,22)/b12-11+. The fourth-order valence-corrected chi connectivity index (χ4v) is 2.85. The molecule has 1 fully saturated rings. The summed E-state index contributed by atoms with van der Waals surface area (Å²) in [6.45, 7) is 1.99. The van der Waals surface area contributed by atoms with E-state index in [-0.39, 0.29) is 0 Å². The van der Waals surface area contributed by atoms with E-state index in [1.165, 1.54) is 36.5 Å². The normalized spacial score (nSPS) is 15.0. The summed E-state index contributed by atoms with van der Waals surface area (Å²) in [5, 5.41) is 8.78. The first-order valence-electron chi connectivity index (χ1n) is 7.75. The van der Waals surface area contributed by atoms with Crippen LogP contribution in [-0.4, -0.2) is 11.1 Å². The molecule has 2 nitrogen and oxygen atoms in total. The van der Waals surface area contributed by atoms with Crippen molar-refractivity contribution in [1.29, 1.82) is 0 Å². The zero-order chi connectivity index (χ0) is 15.5. The van der Waals surface area contributed by atoms with Gasteiger partial charge in [-0.2, -0.15) is 0 Å². The molecular weight excluding hydrogens is 272 g/mol. The number of hydrogen-bond acceptors (Lipinski definition) is 1. The SMILES string of the molecule is Cc1ccc(-c2ccc(C3CCC3)cc2)cc1/C=C/C(=O)O. The van der Waals surface area contributed by atoms with Crippen molar-refractivity contribution < 1.29 is 9.90 Å². The average molecular weight is 292 g/mol. The molecule has 2 heteroatoms. The molecule has 0 heterocycles. The Labute approximate surface area is 131 Å². The van der Waals surface area contributed by atoms with E-state index in [0.29, 0.717) is 0 Å². The molecule has 2 aromatic rings. The summed E-state index contributed by atoms with van der Waals surface area (Å²) >= 11 is 0. The van der Waals surface area contributed by atoms with Gasteiger partial charge >= 0.3 is 5.97 Å². The number of aryl methyl sites for hydroxylation is 1. The average Bonchev–Trinajstić information content (AvgIpc) is 2.45. The molecule has 0 radical (unpaired) electrons. The Hall–Kier alpha value is -2.35. The molecule has 1 aliphatic carbocycles. The van der Waals surface area contributed by atoms with Crippen LogP contribution in [0, 0.1) is 6.92 Å². The van der Waals surface area contributed by atoms with Crippen LogP contribution in [0.25, 0.3) is 17.2 Å². The predicted octanol–water partition coefficient (Wildman–Crippen LogP) is 5.03. The summed E-state index contributed by atoms with van der Waals surface area (Å²) in [6, 6.07) is 15.0. The van der Waals surface area contributed by atoms with Gasteiger partial charge in [-0.05, 0) is 65.6 Å². The number of carbonyl (C=O) groups is 1. The first-order chi connectivity index (χ1) is 10.6. The summed E-state index contributed by atoms with van der Waals surface area (Å²) in [4.78, 5) is 10.7. The summed E-state index contributed by atoms with van der Waals surface area (Å²) < 4.78 is 0. The Morgan fingerprint density at radius 3 is 2.36 bits per heavy atom. The predicted molar refractivity (Wildman–Crippen MR) is 89.9 cm³/mol. The number of carboxylic acid groups (broad SMARTS) is 1. The minimum atomic E-state index is -0.922. The molecule has 1 saturated carbocycles. The fourth-order valence-electron chi connectivity index (χ4n) is 2.85. The second kappa shape index (κ2) is 6.18. The van der Waals surface area contributed by atoms with Crippen molar-refractivity contribution in [3.63, 3.8) is 0 Å². The van der Waals surface area contributed by atoms with Crippen LogP contribution in [0.3, 0.4) is 0 Å². The highest BCUT2D eigenvalue weighted by atomic mass is 16.4. The molecule has 0 unspecified atom stereocenters. The maximum atomic E-state index is 10.7. The first kappa shape index (κ1) is 14.6. The number of hydrogen-bond donors (Lipinski definition) is 1. The smallest absolute Gasteiger partial charge is 0.328 e. The van der Waals surface area contributed by atoms with Gasteiger partial charge in [-0.1, -0.05) is 42.8 Å². The van der Waals surface area contributed by atoms with Crippen LogP contribution in [0.15, 0.2) is 48.5 Å². The van der Waals surface area contributed by atoms with Gasteiger partial charge < -0.3 is 5.11 Å². The zero-order valence-electron chi connectivity index (χ0n) is 12.8. The van der Waals surface area contributed by atoms with Gasteiger partial charge in [0.25, 0.3) is 0 Å². The summed E-state index contributed by atoms with van der Waals surface area (Å²) in [7, 11) is 0. The van der Waals surface area contributed by atoms with Crippen molar-refractivity contribution >= 4 is 12.0 Å². The lowest BCUT2D eigenvalue weighted by Gasteiger charge is -2.25. The maximum Gasteiger partial charge on any atom is 0.328 e. The molecule has 2 aromatic carbocycles. The Bertz CT molecular complexity index is 707. The van der Waals surface area contributed by atoms with Crippen molar-refractivity contribution in [2.24, 2.45) is 0 Å². The Morgan fingerprint density at radius 1 is 1.09 bits per heavy atom. The molecule has 0 bridgehead atoms. The van der Waals surface area contributed by atoms with Crippen LogP contribution >= 0.6 is 0 Å². The Kier molecular flexibility index (Phi) is 4.10. The number of carboxylic acids is 1. The second-order valence-corrected chi connectivity index (χ2v) is 5.99. The first-order valence-corrected chi connectivity index (χ1v) is 7.75. The summed E-state index contributed by atoms with van der Waals surface area (Å²) in [5.41, 5.74) is 5.76. The van der Waals surface area contributed by atoms with Crippen molar-refractivity contribution in [2.75, 3.05) is 0 Å². The van der Waals surface area contributed by atoms with Gasteiger partial charge in [-0.25, -0.2) is 4.79 Å². The molecule has 1 aliphatic rings. The van der Waals surface area contributed by atoms with E-state index in [1.54, 1.807) is 6.08 Å². The van der Waals surface area contributed by atoms with Gasteiger partial charge in [0.2, 0.25) is 0 Å². The highest BCUT2D eigenvalue weighted by molar-refractivity contribution is 5.86. The van der Waals surface area contributed by atoms with Gasteiger partial charge in [-0.3, -0.25) is 0 Å². The van der Waals surface area contributed by atoms with E-state index in [9.17, 15) is 4.79 Å². The molecule has 0 spiro atoms. The number of rotatable bonds is 4. The minimum Gasteiger partial charge on any atom is -0.478 e. The van der Waals surface area contributed by atoms with Crippen LogP contribution in [-0.2, 0) is 4.79 Å². The van der Waals surface area contributed by atoms with Gasteiger partial charge in [-0.15, -0.1) is 0 Å². The maximum absolute atomic E-state index is 10.7. The molecule has 0 atom stereocenters. The Morgan fingerprint density at radius 2 is 1.77 bits per heavy atom. The highest BCUT2D eigenvalue weighted by Gasteiger charge is 2.18. The van der Waals surface area contributed by atoms with Crippen LogP contribution < -0.4 is 0 Å². The van der Waals surface area contributed by atoms with E-state index in [0.717, 1.165) is 22.6 Å². The summed E-state index contributed by atoms with van der Waals surface area (Å²) in [5.74, 6) is -0.171. The second-order valence-electron chi connectivity index (χ2n) is 5.99. The third-order valence-electron chi connectivity index (χ3n) is 4.51. The molecule has 112 valence electrons. The number of benzene rings is 2. The van der Waals surface area contributed by atoms with Crippen LogP contribution in [0.2, 0.25) is 0 Å². The van der Waals surface area contributed by atoms with E-state index in [2.05, 4.69) is 30.3 Å². The van der Waals surface area contributed by atoms with Crippen molar-refractivity contribution in [2.45, 2.75) is 32.1 Å². The van der Waals surface area contributed by atoms with Gasteiger partial charge in [0.05, 0.1) is 0 Å². The zero-order valence-corrected chi connectivity index (χ0v) is 12.8. The largest absolute Gasteiger partial charge is 0.478 e. The lowest BCUT2D eigenvalue weighted by atomic mass is 9.80. The summed E-state index contributed by atoms with van der Waals surface area (Å²) in [6.07, 6.45) is 6.82. The van der Waals surface area contributed by atoms with Crippen LogP contribution in [0.1, 0.15) is 41.9 Å². The van der Waals surface area contributed by atoms with Gasteiger partial charge in [0, 0.05) is 6.08 Å². The van der Waals surface area contributed by atoms with Crippen molar-refractivity contribution in [3.8, 4) is 11.1 Å². The quantitative estimate of drug-likeness (QED) is 0.803. The lowest BCUT2D eigenvalue weighted by Crippen LogP contribution is -2.08. The van der Waals surface area contributed by atoms with Crippen LogP contribution in [0.4, 0.5) is 0 Å². The van der Waals surface area contributed by atoms with E-state index in [1.807, 2.05) is 19.1 Å². The van der Waals surface area contributed by atoms with E-state index < -0.39 is 5.97 Å². The van der Waals surface area contributed by atoms with E-state index >= 15 is 0 Å². The Balaban J connectivity index is 1.87. The van der Waals surface area contributed by atoms with Crippen molar-refractivity contribution in [1.82, 2.24) is 0 Å². The molecule has 3 rings (SSSR count). The topological polar surface area (TPSA) is 37.3 Å². The third-order valence-corrected chi connectivity index (χ3v) is 4.51. The molecule has 0 amide bonds.